The van der Waals surface area contributed by atoms with E-state index in [0.29, 0.717) is 22.5 Å². The SMILES string of the molecule is CCC(C)(Cn1nnnc1-c1ccoc1Br)C(=O)O. The van der Waals surface area contributed by atoms with Crippen LogP contribution in [0, 0.1) is 5.41 Å². The lowest BCUT2D eigenvalue weighted by Gasteiger charge is -2.22. The van der Waals surface area contributed by atoms with E-state index in [1.54, 1.807) is 13.0 Å². The van der Waals surface area contributed by atoms with Gasteiger partial charge in [-0.2, -0.15) is 0 Å². The fraction of sp³-hybridized carbons (Fsp3) is 0.455. The van der Waals surface area contributed by atoms with E-state index in [2.05, 4.69) is 31.5 Å². The number of aromatic nitrogens is 4. The number of hydrogen-bond donors (Lipinski definition) is 1. The van der Waals surface area contributed by atoms with E-state index in [1.165, 1.54) is 10.9 Å². The summed E-state index contributed by atoms with van der Waals surface area (Å²) in [5.41, 5.74) is -0.228. The Balaban J connectivity index is 2.36. The van der Waals surface area contributed by atoms with Crippen molar-refractivity contribution in [1.82, 2.24) is 20.2 Å². The molecule has 0 aliphatic rings. The maximum atomic E-state index is 11.3. The number of nitrogens with zero attached hydrogens (tertiary/aromatic N) is 4. The van der Waals surface area contributed by atoms with Crippen molar-refractivity contribution in [3.63, 3.8) is 0 Å². The van der Waals surface area contributed by atoms with Crippen LogP contribution in [-0.2, 0) is 11.3 Å². The molecule has 0 saturated carbocycles. The number of rotatable bonds is 5. The summed E-state index contributed by atoms with van der Waals surface area (Å²) in [6.07, 6.45) is 1.99. The summed E-state index contributed by atoms with van der Waals surface area (Å²) >= 11 is 3.26. The van der Waals surface area contributed by atoms with Crippen LogP contribution in [0.25, 0.3) is 11.4 Å². The minimum absolute atomic E-state index is 0.193. The van der Waals surface area contributed by atoms with Crippen LogP contribution in [-0.4, -0.2) is 31.3 Å². The lowest BCUT2D eigenvalue weighted by atomic mass is 9.88. The summed E-state index contributed by atoms with van der Waals surface area (Å²) in [5.74, 6) is -0.399. The molecule has 0 spiro atoms. The van der Waals surface area contributed by atoms with Crippen LogP contribution < -0.4 is 0 Å². The Kier molecular flexibility index (Phi) is 3.70. The number of aliphatic carboxylic acids is 1. The molecule has 1 atom stereocenters. The van der Waals surface area contributed by atoms with Crippen LogP contribution in [0.2, 0.25) is 0 Å². The zero-order chi connectivity index (χ0) is 14.0. The molecular formula is C11H13BrN4O3. The van der Waals surface area contributed by atoms with E-state index in [4.69, 9.17) is 4.42 Å². The number of carboxylic acids is 1. The van der Waals surface area contributed by atoms with Crippen LogP contribution in [0.4, 0.5) is 0 Å². The lowest BCUT2D eigenvalue weighted by molar-refractivity contribution is -0.149. The van der Waals surface area contributed by atoms with Crippen molar-refractivity contribution in [2.24, 2.45) is 5.41 Å². The van der Waals surface area contributed by atoms with Gasteiger partial charge in [0.2, 0.25) is 0 Å². The van der Waals surface area contributed by atoms with E-state index in [1.807, 2.05) is 6.92 Å². The van der Waals surface area contributed by atoms with Crippen LogP contribution in [0.1, 0.15) is 20.3 Å². The second-order valence-electron chi connectivity index (χ2n) is 4.49. The second-order valence-corrected chi connectivity index (χ2v) is 5.21. The number of hydrogen-bond acceptors (Lipinski definition) is 5. The molecule has 0 radical (unpaired) electrons. The maximum Gasteiger partial charge on any atom is 0.311 e. The van der Waals surface area contributed by atoms with Crippen LogP contribution in [0.5, 0.6) is 0 Å². The highest BCUT2D eigenvalue weighted by atomic mass is 79.9. The Labute approximate surface area is 117 Å². The van der Waals surface area contributed by atoms with Gasteiger partial charge in [0.25, 0.3) is 0 Å². The minimum Gasteiger partial charge on any atom is -0.481 e. The molecule has 0 aromatic carbocycles. The Morgan fingerprint density at radius 3 is 2.89 bits per heavy atom. The maximum absolute atomic E-state index is 11.3. The highest BCUT2D eigenvalue weighted by Gasteiger charge is 2.33. The molecule has 2 aromatic rings. The fourth-order valence-corrected chi connectivity index (χ4v) is 2.04. The van der Waals surface area contributed by atoms with Gasteiger partial charge < -0.3 is 9.52 Å². The van der Waals surface area contributed by atoms with Crippen molar-refractivity contribution < 1.29 is 14.3 Å². The van der Waals surface area contributed by atoms with Gasteiger partial charge in [0.15, 0.2) is 10.5 Å². The first-order valence-corrected chi connectivity index (χ1v) is 6.50. The normalized spacial score (nSPS) is 14.3. The molecule has 0 aliphatic carbocycles. The van der Waals surface area contributed by atoms with E-state index >= 15 is 0 Å². The van der Waals surface area contributed by atoms with Gasteiger partial charge in [0.1, 0.15) is 0 Å². The van der Waals surface area contributed by atoms with Crippen molar-refractivity contribution in [3.05, 3.63) is 17.0 Å². The molecule has 0 amide bonds. The molecule has 7 nitrogen and oxygen atoms in total. The van der Waals surface area contributed by atoms with Gasteiger partial charge in [-0.15, -0.1) is 5.10 Å². The van der Waals surface area contributed by atoms with E-state index in [-0.39, 0.29) is 6.54 Å². The van der Waals surface area contributed by atoms with Crippen LogP contribution >= 0.6 is 15.9 Å². The fourth-order valence-electron chi connectivity index (χ4n) is 1.62. The predicted molar refractivity (Wildman–Crippen MR) is 69.3 cm³/mol. The average Bonchev–Trinajstić information content (AvgIpc) is 2.97. The van der Waals surface area contributed by atoms with E-state index in [9.17, 15) is 9.90 Å². The molecule has 0 fully saturated rings. The lowest BCUT2D eigenvalue weighted by Crippen LogP contribution is -2.32. The number of carboxylic acid groups (broad SMARTS) is 1. The van der Waals surface area contributed by atoms with Gasteiger partial charge >= 0.3 is 5.97 Å². The largest absolute Gasteiger partial charge is 0.481 e. The van der Waals surface area contributed by atoms with Gasteiger partial charge in [-0.25, -0.2) is 4.68 Å². The van der Waals surface area contributed by atoms with Gasteiger partial charge in [0.05, 0.1) is 23.8 Å². The molecule has 1 N–H and O–H groups in total. The molecule has 19 heavy (non-hydrogen) atoms. The van der Waals surface area contributed by atoms with Crippen molar-refractivity contribution >= 4 is 21.9 Å². The molecule has 2 heterocycles. The first kappa shape index (κ1) is 13.7. The van der Waals surface area contributed by atoms with Crippen LogP contribution in [0.3, 0.4) is 0 Å². The molecule has 2 aromatic heterocycles. The Hall–Kier alpha value is -1.70. The zero-order valence-electron chi connectivity index (χ0n) is 10.5. The molecule has 1 unspecified atom stereocenters. The number of halogens is 1. The van der Waals surface area contributed by atoms with Gasteiger partial charge in [-0.3, -0.25) is 4.79 Å². The Bertz CT molecular complexity index is 594. The molecule has 0 aliphatic heterocycles. The number of tetrazole rings is 1. The standard InChI is InChI=1S/C11H13BrN4O3/c1-3-11(2,10(17)18)6-16-9(13-14-15-16)7-4-5-19-8(7)12/h4-5H,3,6H2,1-2H3,(H,17,18). The topological polar surface area (TPSA) is 94.0 Å². The highest BCUT2D eigenvalue weighted by Crippen LogP contribution is 2.30. The minimum atomic E-state index is -0.916. The summed E-state index contributed by atoms with van der Waals surface area (Å²) in [5, 5.41) is 20.7. The Morgan fingerprint density at radius 2 is 2.37 bits per heavy atom. The quantitative estimate of drug-likeness (QED) is 0.904. The monoisotopic (exact) mass is 328 g/mol. The average molecular weight is 329 g/mol. The zero-order valence-corrected chi connectivity index (χ0v) is 12.1. The van der Waals surface area contributed by atoms with Crippen molar-refractivity contribution in [2.75, 3.05) is 0 Å². The number of carbonyl (C=O) groups is 1. The summed E-state index contributed by atoms with van der Waals surface area (Å²) < 4.78 is 7.13. The first-order valence-electron chi connectivity index (χ1n) is 5.71. The van der Waals surface area contributed by atoms with Crippen molar-refractivity contribution in [1.29, 1.82) is 0 Å². The summed E-state index contributed by atoms with van der Waals surface area (Å²) in [6.45, 7) is 3.69. The molecule has 102 valence electrons. The molecule has 0 saturated heterocycles. The molecule has 8 heteroatoms. The summed E-state index contributed by atoms with van der Waals surface area (Å²) in [4.78, 5) is 11.3. The van der Waals surface area contributed by atoms with Gasteiger partial charge in [0, 0.05) is 0 Å². The number of furan rings is 1. The smallest absolute Gasteiger partial charge is 0.311 e. The van der Waals surface area contributed by atoms with E-state index < -0.39 is 11.4 Å². The van der Waals surface area contributed by atoms with Gasteiger partial charge in [-0.1, -0.05) is 6.92 Å². The van der Waals surface area contributed by atoms with E-state index in [0.717, 1.165) is 0 Å². The highest BCUT2D eigenvalue weighted by molar-refractivity contribution is 9.10. The molecule has 0 bridgehead atoms. The second kappa shape index (κ2) is 5.12. The first-order chi connectivity index (χ1) is 8.98. The summed E-state index contributed by atoms with van der Waals surface area (Å²) in [7, 11) is 0. The third kappa shape index (κ3) is 2.53. The van der Waals surface area contributed by atoms with Crippen LogP contribution in [0.15, 0.2) is 21.4 Å². The summed E-state index contributed by atoms with van der Waals surface area (Å²) in [6, 6.07) is 1.72. The molecular weight excluding hydrogens is 316 g/mol. The Morgan fingerprint density at radius 1 is 1.63 bits per heavy atom. The molecule has 2 rings (SSSR count). The third-order valence-electron chi connectivity index (χ3n) is 3.19. The predicted octanol–water partition coefficient (Wildman–Crippen LogP) is 2.20. The third-order valence-corrected chi connectivity index (χ3v) is 3.80. The van der Waals surface area contributed by atoms with Gasteiger partial charge in [-0.05, 0) is 45.8 Å². The van der Waals surface area contributed by atoms with Crippen molar-refractivity contribution in [3.8, 4) is 11.4 Å². The van der Waals surface area contributed by atoms with Crippen molar-refractivity contribution in [2.45, 2.75) is 26.8 Å².